The van der Waals surface area contributed by atoms with Crippen LogP contribution in [0.5, 0.6) is 0 Å². The molecule has 0 rings (SSSR count). The minimum absolute atomic E-state index is 0. The van der Waals surface area contributed by atoms with Crippen molar-refractivity contribution in [2.75, 3.05) is 0 Å². The topological polar surface area (TPSA) is 89.0 Å². The summed E-state index contributed by atoms with van der Waals surface area (Å²) in [4.78, 5) is 8.56. The molecule has 5 heteroatoms. The third kappa shape index (κ3) is 361. The van der Waals surface area contributed by atoms with Crippen LogP contribution in [-0.2, 0) is 16.5 Å². The summed E-state index contributed by atoms with van der Waals surface area (Å²) in [7, 11) is 0. The molecule has 0 radical (unpaired) electrons. The molecule has 0 aromatic rings. The van der Waals surface area contributed by atoms with Crippen LogP contribution in [0.4, 0.5) is 4.79 Å². The van der Waals surface area contributed by atoms with Crippen LogP contribution < -0.4 is 0 Å². The maximum Gasteiger partial charge on any atom is 0.503 e. The van der Waals surface area contributed by atoms with Gasteiger partial charge in [-0.1, -0.05) is 0 Å². The number of hydrogen-bond donors (Lipinski definition) is 2. The Kier molecular flexibility index (Phi) is 25.3. The van der Waals surface area contributed by atoms with Crippen LogP contribution in [0.1, 0.15) is 0 Å². The van der Waals surface area contributed by atoms with E-state index in [9.17, 15) is 0 Å². The maximum absolute atomic E-state index is 8.56. The van der Waals surface area contributed by atoms with Crippen molar-refractivity contribution in [3.05, 3.63) is 0 Å². The summed E-state index contributed by atoms with van der Waals surface area (Å²) in [6.07, 6.45) is -1.83. The van der Waals surface area contributed by atoms with Crippen molar-refractivity contribution in [3.8, 4) is 0 Å². The van der Waals surface area contributed by atoms with Gasteiger partial charge in [-0.15, -0.1) is 0 Å². The first-order valence-electron chi connectivity index (χ1n) is 0.651. The molecular weight excluding hydrogens is 135 g/mol. The van der Waals surface area contributed by atoms with Crippen molar-refractivity contribution in [1.29, 1.82) is 0 Å². The van der Waals surface area contributed by atoms with Crippen LogP contribution in [-0.4, -0.2) is 21.8 Å². The van der Waals surface area contributed by atoms with Gasteiger partial charge in [0.15, 0.2) is 0 Å². The van der Waals surface area contributed by atoms with Crippen LogP contribution in [0.25, 0.3) is 0 Å². The van der Waals surface area contributed by atoms with Gasteiger partial charge >= 0.3 is 6.16 Å². The molecule has 0 aliphatic carbocycles. The Labute approximate surface area is 44.0 Å². The number of carboxylic acid groups (broad SMARTS) is 2. The standard InChI is InChI=1S/CH2O3.Ni.H2O/c2-1(3)4;;/h(H2,2,3,4);;1H2. The SMILES string of the molecule is O.O=C(O)O.[Ni]. The molecule has 0 aromatic heterocycles. The van der Waals surface area contributed by atoms with Crippen LogP contribution in [0.15, 0.2) is 0 Å². The Morgan fingerprint density at radius 3 is 1.33 bits per heavy atom. The normalized spacial score (nSPS) is 4.00. The van der Waals surface area contributed by atoms with Crippen LogP contribution >= 0.6 is 0 Å². The first-order valence-corrected chi connectivity index (χ1v) is 0.651. The van der Waals surface area contributed by atoms with Crippen LogP contribution in [0.3, 0.4) is 0 Å². The summed E-state index contributed by atoms with van der Waals surface area (Å²) >= 11 is 0. The average Bonchev–Trinajstić information content (AvgIpc) is 0.811. The van der Waals surface area contributed by atoms with Gasteiger partial charge in [-0.2, -0.15) is 0 Å². The fraction of sp³-hybridized carbons (Fsp3) is 0. The van der Waals surface area contributed by atoms with E-state index in [-0.39, 0.29) is 22.0 Å². The summed E-state index contributed by atoms with van der Waals surface area (Å²) in [5.74, 6) is 0. The second-order valence-corrected chi connectivity index (χ2v) is 0.283. The Morgan fingerprint density at radius 1 is 1.33 bits per heavy atom. The quantitative estimate of drug-likeness (QED) is 0.438. The summed E-state index contributed by atoms with van der Waals surface area (Å²) in [6, 6.07) is 0. The van der Waals surface area contributed by atoms with E-state index < -0.39 is 6.16 Å². The van der Waals surface area contributed by atoms with E-state index in [2.05, 4.69) is 0 Å². The minimum atomic E-state index is -1.83. The first kappa shape index (κ1) is 17.2. The molecule has 0 amide bonds. The van der Waals surface area contributed by atoms with Crippen LogP contribution in [0.2, 0.25) is 0 Å². The molecule has 0 aromatic carbocycles. The average molecular weight is 139 g/mol. The molecule has 42 valence electrons. The maximum atomic E-state index is 8.56. The summed E-state index contributed by atoms with van der Waals surface area (Å²) < 4.78 is 0. The molecule has 0 fully saturated rings. The van der Waals surface area contributed by atoms with Crippen molar-refractivity contribution in [2.24, 2.45) is 0 Å². The second kappa shape index (κ2) is 8.83. The molecule has 0 atom stereocenters. The number of rotatable bonds is 0. The third-order valence-corrected chi connectivity index (χ3v) is 0. The van der Waals surface area contributed by atoms with Crippen molar-refractivity contribution < 1.29 is 37.0 Å². The van der Waals surface area contributed by atoms with E-state index in [0.717, 1.165) is 0 Å². The second-order valence-electron chi connectivity index (χ2n) is 0.283. The fourth-order valence-corrected chi connectivity index (χ4v) is 0. The van der Waals surface area contributed by atoms with Gasteiger partial charge < -0.3 is 15.7 Å². The molecule has 0 saturated heterocycles. The van der Waals surface area contributed by atoms with Crippen molar-refractivity contribution in [2.45, 2.75) is 0 Å². The molecule has 4 N–H and O–H groups in total. The number of carbonyl (C=O) groups is 1. The van der Waals surface area contributed by atoms with Gasteiger partial charge in [0, 0.05) is 16.5 Å². The molecule has 0 bridgehead atoms. The summed E-state index contributed by atoms with van der Waals surface area (Å²) in [5.41, 5.74) is 0. The Bertz CT molecular complexity index is 30.5. The van der Waals surface area contributed by atoms with E-state index in [1.54, 1.807) is 0 Å². The van der Waals surface area contributed by atoms with Gasteiger partial charge in [0.25, 0.3) is 0 Å². The Hall–Kier alpha value is -0.276. The van der Waals surface area contributed by atoms with E-state index in [1.807, 2.05) is 0 Å². The summed E-state index contributed by atoms with van der Waals surface area (Å²) in [5, 5.41) is 13.9. The molecular formula is CH4NiO4. The molecule has 0 aliphatic rings. The largest absolute Gasteiger partial charge is 0.503 e. The van der Waals surface area contributed by atoms with Gasteiger partial charge in [0.1, 0.15) is 0 Å². The van der Waals surface area contributed by atoms with E-state index >= 15 is 0 Å². The minimum Gasteiger partial charge on any atom is -0.450 e. The van der Waals surface area contributed by atoms with E-state index in [1.165, 1.54) is 0 Å². The zero-order chi connectivity index (χ0) is 3.58. The third-order valence-electron chi connectivity index (χ3n) is 0. The van der Waals surface area contributed by atoms with Crippen molar-refractivity contribution in [3.63, 3.8) is 0 Å². The fourth-order valence-electron chi connectivity index (χ4n) is 0. The number of hydrogen-bond acceptors (Lipinski definition) is 1. The molecule has 6 heavy (non-hydrogen) atoms. The first-order chi connectivity index (χ1) is 1.73. The zero-order valence-electron chi connectivity index (χ0n) is 2.62. The molecule has 0 aliphatic heterocycles. The van der Waals surface area contributed by atoms with Gasteiger partial charge in [0.05, 0.1) is 0 Å². The molecule has 0 saturated carbocycles. The van der Waals surface area contributed by atoms with E-state index in [0.29, 0.717) is 0 Å². The van der Waals surface area contributed by atoms with Crippen molar-refractivity contribution >= 4 is 6.16 Å². The van der Waals surface area contributed by atoms with Crippen molar-refractivity contribution in [1.82, 2.24) is 0 Å². The zero-order valence-corrected chi connectivity index (χ0v) is 3.61. The molecule has 0 heterocycles. The van der Waals surface area contributed by atoms with Crippen LogP contribution in [0, 0.1) is 0 Å². The van der Waals surface area contributed by atoms with Gasteiger partial charge in [-0.05, 0) is 0 Å². The monoisotopic (exact) mass is 138 g/mol. The predicted molar refractivity (Wildman–Crippen MR) is 14.3 cm³/mol. The van der Waals surface area contributed by atoms with Gasteiger partial charge in [-0.3, -0.25) is 0 Å². The molecule has 4 nitrogen and oxygen atoms in total. The predicted octanol–water partition coefficient (Wildman–Crippen LogP) is -0.605. The Morgan fingerprint density at radius 2 is 1.33 bits per heavy atom. The van der Waals surface area contributed by atoms with E-state index in [4.69, 9.17) is 15.0 Å². The molecule has 0 spiro atoms. The smallest absolute Gasteiger partial charge is 0.450 e. The van der Waals surface area contributed by atoms with Gasteiger partial charge in [-0.25, -0.2) is 4.79 Å². The summed E-state index contributed by atoms with van der Waals surface area (Å²) in [6.45, 7) is 0. The Balaban J connectivity index is -0.0000000450. The molecule has 0 unspecified atom stereocenters. The van der Waals surface area contributed by atoms with Gasteiger partial charge in [0.2, 0.25) is 0 Å².